The molecule has 2 aliphatic heterocycles. The Hall–Kier alpha value is -3.48. The van der Waals surface area contributed by atoms with Gasteiger partial charge in [0.15, 0.2) is 5.82 Å². The summed E-state index contributed by atoms with van der Waals surface area (Å²) in [5, 5.41) is 8.14. The van der Waals surface area contributed by atoms with Gasteiger partial charge in [0.2, 0.25) is 5.88 Å². The van der Waals surface area contributed by atoms with Gasteiger partial charge in [0.05, 0.1) is 17.6 Å². The topological polar surface area (TPSA) is 96.7 Å². The number of aliphatic imine (C=N–C) groups is 1. The number of alkyl halides is 3. The Morgan fingerprint density at radius 3 is 2.73 bits per heavy atom. The number of pyridine rings is 1. The molecule has 13 heteroatoms. The molecule has 2 N–H and O–H groups in total. The predicted octanol–water partition coefficient (Wildman–Crippen LogP) is 6.58. The number of aromatic nitrogens is 3. The summed E-state index contributed by atoms with van der Waals surface area (Å²) in [4.78, 5) is 25.1. The van der Waals surface area contributed by atoms with Gasteiger partial charge >= 0.3 is 6.18 Å². The molecule has 2 aromatic heterocycles. The molecule has 1 atom stereocenters. The number of anilines is 1. The minimum absolute atomic E-state index is 0.0747. The number of ether oxygens (including phenoxy) is 1. The number of amides is 1. The van der Waals surface area contributed by atoms with Gasteiger partial charge in [-0.2, -0.15) is 13.2 Å². The fourth-order valence-electron chi connectivity index (χ4n) is 5.99. The van der Waals surface area contributed by atoms with Gasteiger partial charge < -0.3 is 15.0 Å². The summed E-state index contributed by atoms with van der Waals surface area (Å²) in [6, 6.07) is 5.02. The summed E-state index contributed by atoms with van der Waals surface area (Å²) < 4.78 is 49.8. The number of carbonyl (C=O) groups is 1. The molecule has 3 aliphatic rings. The van der Waals surface area contributed by atoms with Crippen molar-refractivity contribution in [2.24, 2.45) is 16.3 Å². The molecule has 1 unspecified atom stereocenters. The minimum atomic E-state index is -4.22. The van der Waals surface area contributed by atoms with Crippen molar-refractivity contribution in [1.29, 1.82) is 0 Å². The number of nitrogens with zero attached hydrogens (tertiary/aromatic N) is 5. The second kappa shape index (κ2) is 12.9. The third kappa shape index (κ3) is 7.24. The van der Waals surface area contributed by atoms with Crippen LogP contribution in [0.5, 0.6) is 5.88 Å². The SMILES string of the molecule is C=C/C1=N\C(=C)NCCCCCC2CN(c3nc(-n4ccc(OCCC5(C(F)(F)F)CC5)n4)ccc3C(=O)NS1)C(C)(C)C2. The zero-order valence-corrected chi connectivity index (χ0v) is 26.1. The van der Waals surface area contributed by atoms with Gasteiger partial charge in [-0.3, -0.25) is 9.52 Å². The number of nitrogens with one attached hydrogen (secondary N) is 2. The summed E-state index contributed by atoms with van der Waals surface area (Å²) in [5.41, 5.74) is -1.46. The Bertz CT molecular complexity index is 1420. The third-order valence-corrected chi connectivity index (χ3v) is 9.45. The summed E-state index contributed by atoms with van der Waals surface area (Å²) in [6.07, 6.45) is 4.42. The van der Waals surface area contributed by atoms with E-state index in [1.807, 2.05) is 0 Å². The quantitative estimate of drug-likeness (QED) is 0.348. The first-order valence-electron chi connectivity index (χ1n) is 15.1. The van der Waals surface area contributed by atoms with Crippen LogP contribution in [0, 0.1) is 11.3 Å². The van der Waals surface area contributed by atoms with Crippen LogP contribution in [0.2, 0.25) is 0 Å². The van der Waals surface area contributed by atoms with Gasteiger partial charge in [-0.15, -0.1) is 5.10 Å². The maximum atomic E-state index is 13.6. The first-order valence-corrected chi connectivity index (χ1v) is 15.9. The van der Waals surface area contributed by atoms with E-state index in [2.05, 4.69) is 52.0 Å². The van der Waals surface area contributed by atoms with Crippen LogP contribution in [0.25, 0.3) is 5.82 Å². The second-order valence-corrected chi connectivity index (χ2v) is 13.2. The van der Waals surface area contributed by atoms with Gasteiger partial charge in [-0.25, -0.2) is 14.7 Å². The normalized spacial score (nSPS) is 23.4. The number of rotatable bonds is 6. The van der Waals surface area contributed by atoms with Gasteiger partial charge in [-0.1, -0.05) is 26.0 Å². The van der Waals surface area contributed by atoms with Crippen molar-refractivity contribution in [2.45, 2.75) is 76.9 Å². The lowest BCUT2D eigenvalue weighted by molar-refractivity contribution is -0.190. The van der Waals surface area contributed by atoms with Crippen molar-refractivity contribution < 1.29 is 22.7 Å². The fourth-order valence-corrected chi connectivity index (χ4v) is 6.54. The van der Waals surface area contributed by atoms with Crippen molar-refractivity contribution in [3.05, 3.63) is 55.0 Å². The van der Waals surface area contributed by atoms with Crippen LogP contribution in [0.1, 0.15) is 75.6 Å². The molecule has 2 bridgehead atoms. The molecular weight excluding hydrogens is 591 g/mol. The molecule has 2 fully saturated rings. The Labute approximate surface area is 260 Å². The highest BCUT2D eigenvalue weighted by Crippen LogP contribution is 2.59. The standard InChI is InChI=1S/C31H40F3N7O2S/c1-5-26-36-21(2)35-16-8-6-7-9-22-19-29(3,4)40(20-22)27-23(28(42)39-44-26)10-11-24(37-27)41-17-12-25(38-41)43-18-15-30(13-14-30)31(32,33)34/h5,10-12,17,22,35H,1-2,6-9,13-16,18-20H2,3-4H3,(H,39,42)/b36-26+. The van der Waals surface area contributed by atoms with E-state index in [-0.39, 0.29) is 43.2 Å². The predicted molar refractivity (Wildman–Crippen MR) is 167 cm³/mol. The average molecular weight is 632 g/mol. The van der Waals surface area contributed by atoms with Gasteiger partial charge in [-0.05, 0) is 76.5 Å². The molecule has 0 radical (unpaired) electrons. The van der Waals surface area contributed by atoms with Crippen LogP contribution in [0.4, 0.5) is 19.0 Å². The van der Waals surface area contributed by atoms with E-state index in [1.165, 1.54) is 4.68 Å². The van der Waals surface area contributed by atoms with E-state index in [0.717, 1.165) is 57.1 Å². The Morgan fingerprint density at radius 2 is 2.00 bits per heavy atom. The monoisotopic (exact) mass is 631 g/mol. The van der Waals surface area contributed by atoms with Crippen LogP contribution in [0.15, 0.2) is 54.4 Å². The average Bonchev–Trinajstić information content (AvgIpc) is 3.52. The summed E-state index contributed by atoms with van der Waals surface area (Å²) in [6.45, 7) is 13.6. The zero-order valence-electron chi connectivity index (χ0n) is 25.3. The van der Waals surface area contributed by atoms with Crippen LogP contribution in [0.3, 0.4) is 0 Å². The maximum absolute atomic E-state index is 13.6. The van der Waals surface area contributed by atoms with Gasteiger partial charge in [0.1, 0.15) is 16.7 Å². The highest BCUT2D eigenvalue weighted by Gasteiger charge is 2.62. The highest BCUT2D eigenvalue weighted by molar-refractivity contribution is 8.13. The van der Waals surface area contributed by atoms with Gasteiger partial charge in [0, 0.05) is 42.8 Å². The van der Waals surface area contributed by atoms with Crippen LogP contribution < -0.4 is 19.7 Å². The number of fused-ring (bicyclic) bond motifs is 4. The van der Waals surface area contributed by atoms with Crippen LogP contribution >= 0.6 is 11.9 Å². The lowest BCUT2D eigenvalue weighted by Gasteiger charge is -2.34. The zero-order chi connectivity index (χ0) is 31.5. The van der Waals surface area contributed by atoms with Crippen molar-refractivity contribution in [1.82, 2.24) is 24.8 Å². The summed E-state index contributed by atoms with van der Waals surface area (Å²) in [5.74, 6) is 1.86. The van der Waals surface area contributed by atoms with Crippen LogP contribution in [-0.4, -0.2) is 57.1 Å². The molecule has 0 spiro atoms. The minimum Gasteiger partial charge on any atom is -0.477 e. The van der Waals surface area contributed by atoms with Crippen LogP contribution in [-0.2, 0) is 0 Å². The Kier molecular flexibility index (Phi) is 9.33. The van der Waals surface area contributed by atoms with E-state index < -0.39 is 11.6 Å². The highest BCUT2D eigenvalue weighted by atomic mass is 32.2. The van der Waals surface area contributed by atoms with E-state index in [1.54, 1.807) is 30.5 Å². The Morgan fingerprint density at radius 1 is 1.20 bits per heavy atom. The summed E-state index contributed by atoms with van der Waals surface area (Å²) >= 11 is 1.06. The molecule has 2 aromatic rings. The number of hydrogen-bond acceptors (Lipinski definition) is 8. The summed E-state index contributed by atoms with van der Waals surface area (Å²) in [7, 11) is 0. The van der Waals surface area contributed by atoms with Crippen molar-refractivity contribution in [2.75, 3.05) is 24.6 Å². The smallest absolute Gasteiger partial charge is 0.394 e. The lowest BCUT2D eigenvalue weighted by atomic mass is 9.92. The molecule has 238 valence electrons. The Balaban J connectivity index is 1.40. The van der Waals surface area contributed by atoms with Gasteiger partial charge in [0.25, 0.3) is 5.91 Å². The van der Waals surface area contributed by atoms with Crippen molar-refractivity contribution >= 4 is 28.7 Å². The molecule has 1 aliphatic carbocycles. The number of hydrogen-bond donors (Lipinski definition) is 2. The largest absolute Gasteiger partial charge is 0.477 e. The van der Waals surface area contributed by atoms with E-state index >= 15 is 0 Å². The molecule has 1 amide bonds. The van der Waals surface area contributed by atoms with Crippen molar-refractivity contribution in [3.8, 4) is 11.7 Å². The molecule has 1 saturated heterocycles. The first kappa shape index (κ1) is 31.9. The van der Waals surface area contributed by atoms with E-state index in [9.17, 15) is 18.0 Å². The molecular formula is C31H40F3N7O2S. The molecule has 4 heterocycles. The third-order valence-electron chi connectivity index (χ3n) is 8.69. The molecule has 9 nitrogen and oxygen atoms in total. The van der Waals surface area contributed by atoms with E-state index in [0.29, 0.717) is 34.0 Å². The van der Waals surface area contributed by atoms with Crippen molar-refractivity contribution in [3.63, 3.8) is 0 Å². The number of carbonyl (C=O) groups excluding carboxylic acids is 1. The molecule has 1 saturated carbocycles. The molecule has 5 rings (SSSR count). The lowest BCUT2D eigenvalue weighted by Crippen LogP contribution is -2.40. The molecule has 0 aromatic carbocycles. The van der Waals surface area contributed by atoms with E-state index in [4.69, 9.17) is 9.72 Å². The second-order valence-electron chi connectivity index (χ2n) is 12.4. The molecule has 44 heavy (non-hydrogen) atoms. The maximum Gasteiger partial charge on any atom is 0.394 e. The number of halogens is 3. The first-order chi connectivity index (χ1) is 20.9. The fraction of sp³-hybridized carbons (Fsp3) is 0.548.